The maximum atomic E-state index is 13.0. The Balaban J connectivity index is 1.34. The highest BCUT2D eigenvalue weighted by atomic mass is 32.1. The van der Waals surface area contributed by atoms with Gasteiger partial charge in [0.2, 0.25) is 0 Å². The zero-order valence-corrected chi connectivity index (χ0v) is 21.0. The van der Waals surface area contributed by atoms with E-state index >= 15 is 0 Å². The van der Waals surface area contributed by atoms with Gasteiger partial charge in [-0.1, -0.05) is 30.3 Å². The van der Waals surface area contributed by atoms with Gasteiger partial charge in [0.25, 0.3) is 0 Å². The van der Waals surface area contributed by atoms with Crippen molar-refractivity contribution >= 4 is 27.4 Å². The molecule has 1 aromatic carbocycles. The van der Waals surface area contributed by atoms with Gasteiger partial charge in [0.15, 0.2) is 0 Å². The summed E-state index contributed by atoms with van der Waals surface area (Å²) in [6, 6.07) is 12.5. The molecular formula is C26H29F3N6S. The first-order valence-corrected chi connectivity index (χ1v) is 13.0. The van der Waals surface area contributed by atoms with Gasteiger partial charge in [-0.3, -0.25) is 9.58 Å². The Kier molecular flexibility index (Phi) is 7.25. The van der Waals surface area contributed by atoms with E-state index in [9.17, 15) is 13.2 Å². The molecule has 1 fully saturated rings. The molecule has 1 saturated heterocycles. The van der Waals surface area contributed by atoms with Crippen LogP contribution in [0.4, 0.5) is 19.0 Å². The van der Waals surface area contributed by atoms with Gasteiger partial charge in [-0.05, 0) is 30.9 Å². The van der Waals surface area contributed by atoms with Crippen molar-refractivity contribution in [2.24, 2.45) is 7.05 Å². The first-order chi connectivity index (χ1) is 17.3. The van der Waals surface area contributed by atoms with Crippen molar-refractivity contribution in [1.82, 2.24) is 24.6 Å². The molecule has 36 heavy (non-hydrogen) atoms. The highest BCUT2D eigenvalue weighted by Gasteiger charge is 2.30. The van der Waals surface area contributed by atoms with Gasteiger partial charge < -0.3 is 4.90 Å². The smallest absolute Gasteiger partial charge is 0.356 e. The first-order valence-electron chi connectivity index (χ1n) is 12.1. The van der Waals surface area contributed by atoms with Gasteiger partial charge in [0, 0.05) is 55.9 Å². The topological polar surface area (TPSA) is 50.1 Å². The molecule has 6 nitrogen and oxygen atoms in total. The molecule has 0 N–H and O–H groups in total. The van der Waals surface area contributed by atoms with Crippen LogP contribution >= 0.6 is 11.3 Å². The van der Waals surface area contributed by atoms with E-state index in [0.717, 1.165) is 68.0 Å². The Bertz CT molecular complexity index is 1290. The summed E-state index contributed by atoms with van der Waals surface area (Å²) in [5.41, 5.74) is 2.46. The zero-order valence-electron chi connectivity index (χ0n) is 20.2. The van der Waals surface area contributed by atoms with E-state index in [1.54, 1.807) is 6.07 Å². The Morgan fingerprint density at radius 1 is 1.06 bits per heavy atom. The second-order valence-electron chi connectivity index (χ2n) is 9.41. The lowest BCUT2D eigenvalue weighted by molar-refractivity contribution is -0.126. The molecule has 0 aliphatic carbocycles. The molecule has 3 aromatic heterocycles. The molecule has 5 rings (SSSR count). The van der Waals surface area contributed by atoms with Crippen LogP contribution in [-0.2, 0) is 26.6 Å². The number of thiophene rings is 1. The average molecular weight is 515 g/mol. The lowest BCUT2D eigenvalue weighted by Gasteiger charge is -2.31. The molecule has 1 atom stereocenters. The van der Waals surface area contributed by atoms with Crippen molar-refractivity contribution in [3.8, 4) is 0 Å². The number of aryl methyl sites for hydroxylation is 1. The lowest BCUT2D eigenvalue weighted by Crippen LogP contribution is -2.35. The van der Waals surface area contributed by atoms with E-state index < -0.39 is 12.6 Å². The molecule has 1 aliphatic heterocycles. The van der Waals surface area contributed by atoms with Gasteiger partial charge in [0.1, 0.15) is 17.0 Å². The maximum absolute atomic E-state index is 13.0. The summed E-state index contributed by atoms with van der Waals surface area (Å²) in [4.78, 5) is 14.4. The summed E-state index contributed by atoms with van der Waals surface area (Å²) >= 11 is 1.10. The second-order valence-corrected chi connectivity index (χ2v) is 10.5. The summed E-state index contributed by atoms with van der Waals surface area (Å²) in [6.07, 6.45) is 3.26. The third-order valence-electron chi connectivity index (χ3n) is 6.62. The monoisotopic (exact) mass is 514 g/mol. The third kappa shape index (κ3) is 6.04. The predicted octanol–water partition coefficient (Wildman–Crippen LogP) is 5.59. The number of aromatic nitrogens is 4. The quantitative estimate of drug-likeness (QED) is 0.322. The number of anilines is 1. The minimum Gasteiger partial charge on any atom is -0.356 e. The number of fused-ring (bicyclic) bond motifs is 1. The molecule has 0 amide bonds. The number of alkyl halides is 3. The molecule has 0 bridgehead atoms. The summed E-state index contributed by atoms with van der Waals surface area (Å²) in [7, 11) is 1.93. The number of rotatable bonds is 7. The normalized spacial score (nSPS) is 17.1. The van der Waals surface area contributed by atoms with Gasteiger partial charge in [0.05, 0.1) is 18.0 Å². The third-order valence-corrected chi connectivity index (χ3v) is 7.66. The zero-order chi connectivity index (χ0) is 25.1. The summed E-state index contributed by atoms with van der Waals surface area (Å²) < 4.78 is 40.7. The Morgan fingerprint density at radius 3 is 2.61 bits per heavy atom. The van der Waals surface area contributed by atoms with Gasteiger partial charge in [-0.25, -0.2) is 9.97 Å². The molecule has 0 radical (unpaired) electrons. The highest BCUT2D eigenvalue weighted by Crippen LogP contribution is 2.34. The van der Waals surface area contributed by atoms with Crippen molar-refractivity contribution in [3.05, 3.63) is 71.1 Å². The van der Waals surface area contributed by atoms with Crippen LogP contribution in [0, 0.1) is 0 Å². The van der Waals surface area contributed by atoms with Crippen LogP contribution in [0.25, 0.3) is 10.2 Å². The molecule has 4 aromatic rings. The Labute approximate surface area is 212 Å². The summed E-state index contributed by atoms with van der Waals surface area (Å²) in [5.74, 6) is 0.743. The predicted molar refractivity (Wildman–Crippen MR) is 136 cm³/mol. The van der Waals surface area contributed by atoms with E-state index in [4.69, 9.17) is 0 Å². The fourth-order valence-electron chi connectivity index (χ4n) is 5.01. The van der Waals surface area contributed by atoms with Crippen molar-refractivity contribution in [3.63, 3.8) is 0 Å². The van der Waals surface area contributed by atoms with Crippen LogP contribution in [0.5, 0.6) is 0 Å². The summed E-state index contributed by atoms with van der Waals surface area (Å²) in [5, 5.41) is 5.06. The van der Waals surface area contributed by atoms with Gasteiger partial charge in [-0.15, -0.1) is 11.3 Å². The SMILES string of the molecule is Cn1cc(CN(Cc2ccccc2)[C@H]2CCCN(c3ncnc4sc(CC(F)(F)F)cc34)CC2)cn1. The molecule has 0 spiro atoms. The van der Waals surface area contributed by atoms with Crippen molar-refractivity contribution in [1.29, 1.82) is 0 Å². The molecule has 0 unspecified atom stereocenters. The fourth-order valence-corrected chi connectivity index (χ4v) is 6.03. The number of nitrogens with zero attached hydrogens (tertiary/aromatic N) is 6. The second kappa shape index (κ2) is 10.6. The number of hydrogen-bond acceptors (Lipinski definition) is 6. The molecule has 10 heteroatoms. The number of halogens is 3. The van der Waals surface area contributed by atoms with Crippen LogP contribution in [0.15, 0.2) is 55.1 Å². The number of benzene rings is 1. The van der Waals surface area contributed by atoms with E-state index in [0.29, 0.717) is 10.9 Å². The summed E-state index contributed by atoms with van der Waals surface area (Å²) in [6.45, 7) is 3.28. The standard InChI is InChI=1S/C26H29F3N6S/c1-33-15-20(14-32-33)17-35(16-19-6-3-2-4-7-19)21-8-5-10-34(11-9-21)24-23-12-22(13-26(27,28)29)36-25(23)31-18-30-24/h2-4,6-7,12,14-15,18,21H,5,8-11,13,16-17H2,1H3/t21-/m0/s1. The molecule has 190 valence electrons. The van der Waals surface area contributed by atoms with E-state index in [-0.39, 0.29) is 4.88 Å². The van der Waals surface area contributed by atoms with Crippen LogP contribution in [0.3, 0.4) is 0 Å². The largest absolute Gasteiger partial charge is 0.393 e. The van der Waals surface area contributed by atoms with Crippen molar-refractivity contribution in [2.75, 3.05) is 18.0 Å². The minimum atomic E-state index is -4.24. The molecule has 1 aliphatic rings. The lowest BCUT2D eigenvalue weighted by atomic mass is 10.1. The van der Waals surface area contributed by atoms with Crippen molar-refractivity contribution in [2.45, 2.75) is 51.0 Å². The van der Waals surface area contributed by atoms with Crippen LogP contribution in [0.2, 0.25) is 0 Å². The minimum absolute atomic E-state index is 0.275. The van der Waals surface area contributed by atoms with Gasteiger partial charge >= 0.3 is 6.18 Å². The van der Waals surface area contributed by atoms with Crippen LogP contribution in [-0.4, -0.2) is 50.0 Å². The van der Waals surface area contributed by atoms with E-state index in [1.807, 2.05) is 24.0 Å². The first kappa shape index (κ1) is 24.7. The molecular weight excluding hydrogens is 485 g/mol. The van der Waals surface area contributed by atoms with E-state index in [1.165, 1.54) is 17.5 Å². The highest BCUT2D eigenvalue weighted by molar-refractivity contribution is 7.18. The Morgan fingerprint density at radius 2 is 1.86 bits per heavy atom. The van der Waals surface area contributed by atoms with Crippen LogP contribution < -0.4 is 4.90 Å². The Hall–Kier alpha value is -2.98. The molecule has 0 saturated carbocycles. The van der Waals surface area contributed by atoms with Gasteiger partial charge in [-0.2, -0.15) is 18.3 Å². The maximum Gasteiger partial charge on any atom is 0.393 e. The van der Waals surface area contributed by atoms with Crippen LogP contribution in [0.1, 0.15) is 35.3 Å². The number of hydrogen-bond donors (Lipinski definition) is 0. The van der Waals surface area contributed by atoms with Crippen molar-refractivity contribution < 1.29 is 13.2 Å². The fraction of sp³-hybridized carbons (Fsp3) is 0.423. The van der Waals surface area contributed by atoms with E-state index in [2.05, 4.69) is 55.3 Å². The average Bonchev–Trinajstić information content (AvgIpc) is 3.34. The molecule has 4 heterocycles.